The van der Waals surface area contributed by atoms with E-state index < -0.39 is 29.0 Å². The maximum atomic E-state index is 10.1. The summed E-state index contributed by atoms with van der Waals surface area (Å²) in [5.41, 5.74) is 3.15. The maximum absolute atomic E-state index is 10.1. The number of unbranched alkanes of at least 4 members (excludes halogenated alkanes) is 18. The number of benzene rings is 1. The summed E-state index contributed by atoms with van der Waals surface area (Å²) in [5, 5.41) is 29.4. The van der Waals surface area contributed by atoms with Crippen molar-refractivity contribution in [3.8, 4) is 35.4 Å². The third kappa shape index (κ3) is 13.0. The van der Waals surface area contributed by atoms with Gasteiger partial charge in [0.05, 0.1) is 0 Å². The first kappa shape index (κ1) is 47.7. The van der Waals surface area contributed by atoms with Crippen molar-refractivity contribution in [1.29, 1.82) is 15.8 Å². The van der Waals surface area contributed by atoms with Crippen LogP contribution in [0.25, 0.3) is 51.0 Å². The number of nitriles is 3. The zero-order valence-corrected chi connectivity index (χ0v) is 39.1. The number of ether oxygens (including phenoxy) is 2. The van der Waals surface area contributed by atoms with Crippen LogP contribution in [0.15, 0.2) is 35.7 Å². The molecule has 3 aromatic heterocycles. The summed E-state index contributed by atoms with van der Waals surface area (Å²) in [4.78, 5) is 10.3. The molecule has 312 valence electrons. The zero-order valence-electron chi connectivity index (χ0n) is 35.6. The van der Waals surface area contributed by atoms with Crippen molar-refractivity contribution in [3.63, 3.8) is 0 Å². The molecule has 0 aliphatic carbocycles. The Balaban J connectivity index is 1.68. The third-order valence-corrected chi connectivity index (χ3v) is 16.2. The number of aryl methyl sites for hydroxylation is 1. The van der Waals surface area contributed by atoms with Crippen LogP contribution in [0.3, 0.4) is 0 Å². The van der Waals surface area contributed by atoms with Crippen molar-refractivity contribution in [2.75, 3.05) is 13.2 Å². The summed E-state index contributed by atoms with van der Waals surface area (Å²) >= 11 is -0.811. The molecule has 0 saturated heterocycles. The first-order valence-electron chi connectivity index (χ1n) is 21.7. The molecule has 0 N–H and O–H groups in total. The van der Waals surface area contributed by atoms with E-state index in [9.17, 15) is 15.8 Å². The van der Waals surface area contributed by atoms with Gasteiger partial charge in [0.25, 0.3) is 0 Å². The molecule has 0 aliphatic heterocycles. The first-order chi connectivity index (χ1) is 29.4. The molecule has 60 heavy (non-hydrogen) atoms. The number of fused-ring (bicyclic) bond motifs is 3. The van der Waals surface area contributed by atoms with Crippen LogP contribution in [-0.4, -0.2) is 46.8 Å². The van der Waals surface area contributed by atoms with Crippen molar-refractivity contribution < 1.29 is 9.47 Å². The number of nitrogens with zero attached hydrogens (tertiary/aromatic N) is 7. The van der Waals surface area contributed by atoms with Crippen molar-refractivity contribution in [1.82, 2.24) is 4.57 Å². The van der Waals surface area contributed by atoms with E-state index >= 15 is 0 Å². The molecule has 0 unspecified atom stereocenters. The molecule has 0 fully saturated rings. The van der Waals surface area contributed by atoms with Gasteiger partial charge in [-0.2, -0.15) is 0 Å². The standard InChI is InChI=1S/C49H57N7O2Se2/c1-7-9-11-13-15-17-19-21-23-25-27-57-43-30-37(29-36(3)47(43)58-28-26-24-22-20-18-16-14-12-10-8-2)56-41-31-44(38(33-50)39(34-51)53-4)59-48(41)49-42(56)32-45(60-49)46(55-6)40(35-52)54-5/h29-32H,7-28H2,1-3H3/b39-38-,46-40-. The van der Waals surface area contributed by atoms with Crippen LogP contribution >= 0.6 is 0 Å². The first-order valence-corrected chi connectivity index (χ1v) is 25.1. The number of allylic oxidation sites excluding steroid dienone is 3. The second kappa shape index (κ2) is 26.3. The predicted molar refractivity (Wildman–Crippen MR) is 245 cm³/mol. The van der Waals surface area contributed by atoms with Gasteiger partial charge >= 0.3 is 274 Å². The molecule has 0 aliphatic rings. The molecule has 0 saturated carbocycles. The van der Waals surface area contributed by atoms with E-state index in [2.05, 4.69) is 45.1 Å². The van der Waals surface area contributed by atoms with E-state index in [1.54, 1.807) is 0 Å². The fraction of sp³-hybridized carbons (Fsp3) is 0.510. The molecule has 3 heterocycles. The molecule has 11 heteroatoms. The van der Waals surface area contributed by atoms with Gasteiger partial charge in [0, 0.05) is 0 Å². The van der Waals surface area contributed by atoms with E-state index in [0.717, 1.165) is 62.2 Å². The zero-order chi connectivity index (χ0) is 43.1. The fourth-order valence-corrected chi connectivity index (χ4v) is 12.9. The molecule has 4 aromatic rings. The topological polar surface area (TPSA) is 108 Å². The second-order valence-electron chi connectivity index (χ2n) is 15.2. The van der Waals surface area contributed by atoms with E-state index in [-0.39, 0.29) is 22.7 Å². The number of aromatic nitrogens is 1. The summed E-state index contributed by atoms with van der Waals surface area (Å²) in [6.45, 7) is 30.7. The molecule has 0 atom stereocenters. The summed E-state index contributed by atoms with van der Waals surface area (Å²) < 4.78 is 18.5. The van der Waals surface area contributed by atoms with Gasteiger partial charge in [-0.1, -0.05) is 97.3 Å². The van der Waals surface area contributed by atoms with Crippen LogP contribution < -0.4 is 9.47 Å². The van der Waals surface area contributed by atoms with Gasteiger partial charge in [-0.25, -0.2) is 0 Å². The summed E-state index contributed by atoms with van der Waals surface area (Å²) in [6, 6.07) is 13.8. The minimum absolute atomic E-state index is 0.0625. The summed E-state index contributed by atoms with van der Waals surface area (Å²) in [5.74, 6) is 1.41. The minimum atomic E-state index is -0.407. The summed E-state index contributed by atoms with van der Waals surface area (Å²) in [6.07, 6.45) is 24.8. The van der Waals surface area contributed by atoms with Crippen LogP contribution in [0.1, 0.15) is 157 Å². The van der Waals surface area contributed by atoms with Gasteiger partial charge in [0.2, 0.25) is 0 Å². The average molecular weight is 934 g/mol. The fourth-order valence-electron chi connectivity index (χ4n) is 7.47. The number of hydrogen-bond acceptors (Lipinski definition) is 5. The quantitative estimate of drug-likeness (QED) is 0.0256. The average Bonchev–Trinajstić information content (AvgIpc) is 3.94. The van der Waals surface area contributed by atoms with Crippen molar-refractivity contribution >= 4 is 59.8 Å². The van der Waals surface area contributed by atoms with Crippen LogP contribution in [0.2, 0.25) is 0 Å². The molecular formula is C49H57N7O2Se2. The van der Waals surface area contributed by atoms with Gasteiger partial charge in [-0.3, -0.25) is 0 Å². The van der Waals surface area contributed by atoms with Gasteiger partial charge in [-0.05, 0) is 0 Å². The summed E-state index contributed by atoms with van der Waals surface area (Å²) in [7, 11) is 0. The Morgan fingerprint density at radius 2 is 1.05 bits per heavy atom. The molecule has 9 nitrogen and oxygen atoms in total. The molecule has 1 aromatic carbocycles. The molecule has 0 radical (unpaired) electrons. The molecule has 0 bridgehead atoms. The Labute approximate surface area is 369 Å². The van der Waals surface area contributed by atoms with Crippen LogP contribution in [0.5, 0.6) is 11.5 Å². The Morgan fingerprint density at radius 3 is 1.52 bits per heavy atom. The predicted octanol–water partition coefficient (Wildman–Crippen LogP) is 13.5. The van der Waals surface area contributed by atoms with E-state index in [0.29, 0.717) is 27.8 Å². The van der Waals surface area contributed by atoms with Crippen molar-refractivity contribution in [3.05, 3.63) is 84.3 Å². The number of rotatable bonds is 27. The van der Waals surface area contributed by atoms with Gasteiger partial charge in [0.1, 0.15) is 0 Å². The third-order valence-electron chi connectivity index (χ3n) is 10.7. The monoisotopic (exact) mass is 935 g/mol. The van der Waals surface area contributed by atoms with Crippen LogP contribution in [-0.2, 0) is 0 Å². The second-order valence-corrected chi connectivity index (χ2v) is 19.6. The Morgan fingerprint density at radius 1 is 0.583 bits per heavy atom. The SMILES string of the molecule is [C-]#[N+]/C(C#N)=C(/C#N)c1cc2c([se]1)c1[se]c(/C([N+]#[C-])=C(\C#N)[N+]#[C-])cc1n2-c1cc(C)c(OCCCCCCCCCCCC)c(OCCCCCCCCCCCC)c1. The number of hydrogen-bond donors (Lipinski definition) is 0. The van der Waals surface area contributed by atoms with Crippen molar-refractivity contribution in [2.45, 2.75) is 149 Å². The van der Waals surface area contributed by atoms with Gasteiger partial charge < -0.3 is 0 Å². The Hall–Kier alpha value is -4.96. The van der Waals surface area contributed by atoms with Gasteiger partial charge in [-0.15, -0.1) is 0 Å². The molecule has 0 amide bonds. The van der Waals surface area contributed by atoms with Gasteiger partial charge in [0.15, 0.2) is 0 Å². The molecule has 4 rings (SSSR count). The molecule has 0 spiro atoms. The van der Waals surface area contributed by atoms with Crippen LogP contribution in [0, 0.1) is 60.6 Å². The normalized spacial score (nSPS) is 11.8. The Bertz CT molecular complexity index is 2230. The Kier molecular flexibility index (Phi) is 20.9. The van der Waals surface area contributed by atoms with Crippen molar-refractivity contribution in [2.24, 2.45) is 0 Å². The van der Waals surface area contributed by atoms with E-state index in [1.807, 2.05) is 37.3 Å². The van der Waals surface area contributed by atoms with Crippen LogP contribution in [0.4, 0.5) is 0 Å². The van der Waals surface area contributed by atoms with E-state index in [1.165, 1.54) is 103 Å². The van der Waals surface area contributed by atoms with E-state index in [4.69, 9.17) is 29.2 Å². The molecular weight excluding hydrogens is 877 g/mol.